The summed E-state index contributed by atoms with van der Waals surface area (Å²) in [6, 6.07) is 10.5. The van der Waals surface area contributed by atoms with Gasteiger partial charge in [-0.05, 0) is 46.3 Å². The van der Waals surface area contributed by atoms with E-state index < -0.39 is 0 Å². The number of hydrogen-bond donors (Lipinski definition) is 2. The molecule has 1 aliphatic heterocycles. The highest BCUT2D eigenvalue weighted by molar-refractivity contribution is 9.10. The number of hydrogen-bond acceptors (Lipinski definition) is 4. The second-order valence-corrected chi connectivity index (χ2v) is 8.21. The average Bonchev–Trinajstić information content (AvgIpc) is 2.74. The van der Waals surface area contributed by atoms with Crippen LogP contribution < -0.4 is 28.7 Å². The summed E-state index contributed by atoms with van der Waals surface area (Å²) in [5, 5.41) is 0. The Morgan fingerprint density at radius 1 is 0.690 bits per heavy atom. The number of rotatable bonds is 8. The molecular weight excluding hydrogens is 436 g/mol. The van der Waals surface area contributed by atoms with Crippen LogP contribution in [-0.2, 0) is 13.1 Å². The van der Waals surface area contributed by atoms with E-state index in [1.165, 1.54) is 11.1 Å². The van der Waals surface area contributed by atoms with E-state index in [1.807, 2.05) is 6.07 Å². The van der Waals surface area contributed by atoms with Gasteiger partial charge in [-0.3, -0.25) is 0 Å². The molecule has 6 nitrogen and oxygen atoms in total. The quantitative estimate of drug-likeness (QED) is 0.608. The molecule has 0 aromatic heterocycles. The lowest BCUT2D eigenvalue weighted by molar-refractivity contribution is -1.02. The summed E-state index contributed by atoms with van der Waals surface area (Å²) < 4.78 is 22.7. The molecule has 29 heavy (non-hydrogen) atoms. The summed E-state index contributed by atoms with van der Waals surface area (Å²) >= 11 is 3.58. The minimum Gasteiger partial charge on any atom is -0.496 e. The number of methoxy groups -OCH3 is 4. The molecule has 1 fully saturated rings. The molecule has 0 saturated carbocycles. The predicted octanol–water partition coefficient (Wildman–Crippen LogP) is 0.967. The molecule has 3 rings (SSSR count). The van der Waals surface area contributed by atoms with E-state index in [-0.39, 0.29) is 0 Å². The third-order valence-electron chi connectivity index (χ3n) is 5.51. The van der Waals surface area contributed by atoms with Gasteiger partial charge in [0.05, 0.1) is 32.9 Å². The molecule has 0 bridgehead atoms. The molecule has 0 aliphatic carbocycles. The Morgan fingerprint density at radius 2 is 1.21 bits per heavy atom. The fourth-order valence-electron chi connectivity index (χ4n) is 3.95. The number of nitrogens with one attached hydrogen (secondary N) is 2. The molecule has 1 heterocycles. The minimum atomic E-state index is 0.647. The van der Waals surface area contributed by atoms with Crippen molar-refractivity contribution >= 4 is 15.9 Å². The maximum absolute atomic E-state index is 5.49. The number of piperazine rings is 1. The summed E-state index contributed by atoms with van der Waals surface area (Å²) in [4.78, 5) is 3.20. The molecule has 2 aromatic carbocycles. The zero-order valence-corrected chi connectivity index (χ0v) is 19.2. The Morgan fingerprint density at radius 3 is 1.66 bits per heavy atom. The summed E-state index contributed by atoms with van der Waals surface area (Å²) in [6.45, 7) is 6.59. The highest BCUT2D eigenvalue weighted by Gasteiger charge is 2.24. The van der Waals surface area contributed by atoms with Crippen LogP contribution >= 0.6 is 15.9 Å². The van der Waals surface area contributed by atoms with Crippen molar-refractivity contribution in [2.75, 3.05) is 54.6 Å². The van der Waals surface area contributed by atoms with Gasteiger partial charge < -0.3 is 28.7 Å². The highest BCUT2D eigenvalue weighted by atomic mass is 79.9. The van der Waals surface area contributed by atoms with Gasteiger partial charge in [-0.2, -0.15) is 0 Å². The van der Waals surface area contributed by atoms with Crippen LogP contribution in [0.4, 0.5) is 0 Å². The fraction of sp³-hybridized carbons (Fsp3) is 0.455. The van der Waals surface area contributed by atoms with E-state index in [2.05, 4.69) is 40.2 Å². The first-order valence-electron chi connectivity index (χ1n) is 9.86. The lowest BCUT2D eigenvalue weighted by Crippen LogP contribution is -3.27. The topological polar surface area (TPSA) is 45.8 Å². The lowest BCUT2D eigenvalue weighted by atomic mass is 10.1. The van der Waals surface area contributed by atoms with Gasteiger partial charge in [0.1, 0.15) is 45.0 Å². The van der Waals surface area contributed by atoms with Crippen LogP contribution in [0.3, 0.4) is 0 Å². The molecule has 0 atom stereocenters. The molecule has 0 radical (unpaired) electrons. The molecule has 0 spiro atoms. The number of halogens is 1. The second-order valence-electron chi connectivity index (χ2n) is 7.36. The van der Waals surface area contributed by atoms with Gasteiger partial charge in [-0.25, -0.2) is 0 Å². The van der Waals surface area contributed by atoms with Crippen molar-refractivity contribution in [1.29, 1.82) is 0 Å². The van der Waals surface area contributed by atoms with Crippen LogP contribution in [0.2, 0.25) is 0 Å². The fourth-order valence-corrected chi connectivity index (χ4v) is 4.53. The van der Waals surface area contributed by atoms with Gasteiger partial charge in [0, 0.05) is 11.1 Å². The van der Waals surface area contributed by atoms with E-state index in [1.54, 1.807) is 38.2 Å². The SMILES string of the molecule is COc1ccc(C[NH+]2CC[NH+](Cc3cc(OC)c(OC)c(OC)c3)CC2)cc1Br. The van der Waals surface area contributed by atoms with Crippen molar-refractivity contribution in [2.24, 2.45) is 0 Å². The molecule has 1 aliphatic rings. The molecule has 158 valence electrons. The Balaban J connectivity index is 1.58. The normalized spacial score (nSPS) is 18.9. The monoisotopic (exact) mass is 466 g/mol. The standard InChI is InChI=1S/C22H29BrN2O4/c1-26-19-6-5-16(11-18(19)23)14-24-7-9-25(10-8-24)15-17-12-20(27-2)22(29-4)21(13-17)28-3/h5-6,11-13H,7-10,14-15H2,1-4H3/p+2. The van der Waals surface area contributed by atoms with Crippen LogP contribution in [0.1, 0.15) is 11.1 Å². The molecule has 2 N–H and O–H groups in total. The first kappa shape index (κ1) is 21.7. The number of benzene rings is 2. The number of quaternary nitrogens is 2. The maximum Gasteiger partial charge on any atom is 0.203 e. The van der Waals surface area contributed by atoms with Gasteiger partial charge in [0.15, 0.2) is 11.5 Å². The molecule has 0 unspecified atom stereocenters. The Labute approximate surface area is 181 Å². The van der Waals surface area contributed by atoms with E-state index in [9.17, 15) is 0 Å². The molecular formula is C22H31BrN2O4+2. The molecule has 0 amide bonds. The third-order valence-corrected chi connectivity index (χ3v) is 6.13. The maximum atomic E-state index is 5.49. The highest BCUT2D eigenvalue weighted by Crippen LogP contribution is 2.38. The largest absolute Gasteiger partial charge is 0.496 e. The number of ether oxygens (including phenoxy) is 4. The summed E-state index contributed by atoms with van der Waals surface area (Å²) in [6.07, 6.45) is 0. The minimum absolute atomic E-state index is 0.647. The first-order chi connectivity index (χ1) is 14.1. The predicted molar refractivity (Wildman–Crippen MR) is 116 cm³/mol. The smallest absolute Gasteiger partial charge is 0.203 e. The van der Waals surface area contributed by atoms with Crippen molar-refractivity contribution in [3.05, 3.63) is 45.9 Å². The molecule has 1 saturated heterocycles. The third kappa shape index (κ3) is 5.35. The van der Waals surface area contributed by atoms with Gasteiger partial charge in [0.25, 0.3) is 0 Å². The Hall–Kier alpha value is -1.96. The van der Waals surface area contributed by atoms with E-state index in [0.717, 1.165) is 61.0 Å². The van der Waals surface area contributed by atoms with E-state index in [4.69, 9.17) is 18.9 Å². The van der Waals surface area contributed by atoms with Gasteiger partial charge in [-0.1, -0.05) is 0 Å². The zero-order valence-electron chi connectivity index (χ0n) is 17.6. The van der Waals surface area contributed by atoms with Crippen LogP contribution in [0.5, 0.6) is 23.0 Å². The van der Waals surface area contributed by atoms with Gasteiger partial charge in [0.2, 0.25) is 5.75 Å². The van der Waals surface area contributed by atoms with Crippen LogP contribution in [0, 0.1) is 0 Å². The summed E-state index contributed by atoms with van der Waals surface area (Å²) in [5.74, 6) is 2.96. The average molecular weight is 467 g/mol. The van der Waals surface area contributed by atoms with Crippen molar-refractivity contribution in [2.45, 2.75) is 13.1 Å². The van der Waals surface area contributed by atoms with Gasteiger partial charge in [-0.15, -0.1) is 0 Å². The van der Waals surface area contributed by atoms with Crippen molar-refractivity contribution in [3.63, 3.8) is 0 Å². The van der Waals surface area contributed by atoms with Gasteiger partial charge >= 0.3 is 0 Å². The van der Waals surface area contributed by atoms with E-state index in [0.29, 0.717) is 5.75 Å². The summed E-state index contributed by atoms with van der Waals surface area (Å²) in [7, 11) is 6.65. The lowest BCUT2D eigenvalue weighted by Gasteiger charge is -2.30. The first-order valence-corrected chi connectivity index (χ1v) is 10.7. The van der Waals surface area contributed by atoms with Crippen molar-refractivity contribution in [3.8, 4) is 23.0 Å². The Bertz CT molecular complexity index is 797. The zero-order chi connectivity index (χ0) is 20.8. The molecule has 7 heteroatoms. The van der Waals surface area contributed by atoms with Crippen molar-refractivity contribution < 1.29 is 28.7 Å². The van der Waals surface area contributed by atoms with Crippen molar-refractivity contribution in [1.82, 2.24) is 0 Å². The summed E-state index contributed by atoms with van der Waals surface area (Å²) in [5.41, 5.74) is 2.54. The second kappa shape index (κ2) is 10.2. The van der Waals surface area contributed by atoms with E-state index >= 15 is 0 Å². The van der Waals surface area contributed by atoms with Crippen LogP contribution in [-0.4, -0.2) is 54.6 Å². The Kier molecular flexibility index (Phi) is 7.64. The van der Waals surface area contributed by atoms with Crippen LogP contribution in [0.15, 0.2) is 34.8 Å². The van der Waals surface area contributed by atoms with Crippen LogP contribution in [0.25, 0.3) is 0 Å². The molecule has 2 aromatic rings.